The van der Waals surface area contributed by atoms with Crippen LogP contribution in [0.25, 0.3) is 0 Å². The SMILES string of the molecule is Cc1cc(C)c(NC(=O)C(C)(C)N)c(C)c1. The number of hydrogen-bond donors (Lipinski definition) is 2. The van der Waals surface area contributed by atoms with E-state index in [0.29, 0.717) is 0 Å². The van der Waals surface area contributed by atoms with E-state index in [2.05, 4.69) is 5.32 Å². The second-order valence-electron chi connectivity index (χ2n) is 4.95. The molecule has 16 heavy (non-hydrogen) atoms. The molecule has 0 saturated heterocycles. The lowest BCUT2D eigenvalue weighted by molar-refractivity contribution is -0.120. The number of hydrogen-bond acceptors (Lipinski definition) is 2. The third kappa shape index (κ3) is 2.83. The first-order valence-electron chi connectivity index (χ1n) is 5.40. The fourth-order valence-electron chi connectivity index (χ4n) is 1.65. The third-order valence-electron chi connectivity index (χ3n) is 2.50. The number of anilines is 1. The summed E-state index contributed by atoms with van der Waals surface area (Å²) < 4.78 is 0. The Morgan fingerprint density at radius 1 is 1.19 bits per heavy atom. The molecule has 0 spiro atoms. The quantitative estimate of drug-likeness (QED) is 0.803. The Bertz CT molecular complexity index is 393. The largest absolute Gasteiger partial charge is 0.324 e. The summed E-state index contributed by atoms with van der Waals surface area (Å²) in [5, 5.41) is 2.88. The summed E-state index contributed by atoms with van der Waals surface area (Å²) >= 11 is 0. The summed E-state index contributed by atoms with van der Waals surface area (Å²) in [6.45, 7) is 9.40. The molecule has 0 unspecified atom stereocenters. The van der Waals surface area contributed by atoms with Crippen LogP contribution in [0.15, 0.2) is 12.1 Å². The molecule has 0 heterocycles. The van der Waals surface area contributed by atoms with Gasteiger partial charge in [-0.2, -0.15) is 0 Å². The topological polar surface area (TPSA) is 55.1 Å². The summed E-state index contributed by atoms with van der Waals surface area (Å²) in [7, 11) is 0. The Labute approximate surface area is 97.0 Å². The van der Waals surface area contributed by atoms with Crippen LogP contribution in [0.4, 0.5) is 5.69 Å². The van der Waals surface area contributed by atoms with Crippen molar-refractivity contribution in [2.24, 2.45) is 5.73 Å². The van der Waals surface area contributed by atoms with Gasteiger partial charge in [0.15, 0.2) is 0 Å². The van der Waals surface area contributed by atoms with Crippen LogP contribution in [-0.4, -0.2) is 11.4 Å². The van der Waals surface area contributed by atoms with Gasteiger partial charge in [-0.15, -0.1) is 0 Å². The van der Waals surface area contributed by atoms with Gasteiger partial charge in [-0.25, -0.2) is 0 Å². The summed E-state index contributed by atoms with van der Waals surface area (Å²) in [5.41, 5.74) is 9.08. The minimum absolute atomic E-state index is 0.164. The van der Waals surface area contributed by atoms with Gasteiger partial charge in [0.25, 0.3) is 0 Å². The molecule has 1 aromatic rings. The van der Waals surface area contributed by atoms with Gasteiger partial charge in [-0.05, 0) is 45.7 Å². The van der Waals surface area contributed by atoms with Gasteiger partial charge in [0.05, 0.1) is 5.54 Å². The van der Waals surface area contributed by atoms with Crippen molar-refractivity contribution in [1.82, 2.24) is 0 Å². The van der Waals surface area contributed by atoms with Crippen LogP contribution in [0.5, 0.6) is 0 Å². The minimum atomic E-state index is -0.857. The highest BCUT2D eigenvalue weighted by Crippen LogP contribution is 2.22. The summed E-state index contributed by atoms with van der Waals surface area (Å²) in [5.74, 6) is -0.164. The van der Waals surface area contributed by atoms with Crippen molar-refractivity contribution in [3.05, 3.63) is 28.8 Å². The number of amides is 1. The summed E-state index contributed by atoms with van der Waals surface area (Å²) in [6, 6.07) is 4.10. The van der Waals surface area contributed by atoms with E-state index in [4.69, 9.17) is 5.73 Å². The van der Waals surface area contributed by atoms with E-state index >= 15 is 0 Å². The first-order chi connectivity index (χ1) is 7.21. The van der Waals surface area contributed by atoms with Crippen LogP contribution >= 0.6 is 0 Å². The number of nitrogens with two attached hydrogens (primary N) is 1. The molecule has 3 N–H and O–H groups in total. The number of nitrogens with one attached hydrogen (secondary N) is 1. The average molecular weight is 220 g/mol. The number of aryl methyl sites for hydroxylation is 3. The zero-order chi connectivity index (χ0) is 12.5. The minimum Gasteiger partial charge on any atom is -0.324 e. The number of carbonyl (C=O) groups is 1. The molecule has 0 fully saturated rings. The normalized spacial score (nSPS) is 11.4. The molecular formula is C13H20N2O. The highest BCUT2D eigenvalue weighted by atomic mass is 16.2. The molecule has 0 aromatic heterocycles. The first kappa shape index (κ1) is 12.7. The van der Waals surface area contributed by atoms with Gasteiger partial charge in [-0.1, -0.05) is 17.7 Å². The zero-order valence-electron chi connectivity index (χ0n) is 10.6. The molecule has 3 heteroatoms. The smallest absolute Gasteiger partial charge is 0.243 e. The van der Waals surface area contributed by atoms with E-state index in [1.165, 1.54) is 5.56 Å². The van der Waals surface area contributed by atoms with Crippen LogP contribution in [0.2, 0.25) is 0 Å². The van der Waals surface area contributed by atoms with Crippen molar-refractivity contribution in [2.75, 3.05) is 5.32 Å². The number of rotatable bonds is 2. The first-order valence-corrected chi connectivity index (χ1v) is 5.40. The van der Waals surface area contributed by atoms with Gasteiger partial charge in [0.2, 0.25) is 5.91 Å². The molecule has 88 valence electrons. The molecule has 0 atom stereocenters. The van der Waals surface area contributed by atoms with Gasteiger partial charge in [0, 0.05) is 5.69 Å². The zero-order valence-corrected chi connectivity index (χ0v) is 10.6. The van der Waals surface area contributed by atoms with E-state index in [1.54, 1.807) is 13.8 Å². The lowest BCUT2D eigenvalue weighted by Gasteiger charge is -2.20. The molecule has 0 saturated carbocycles. The van der Waals surface area contributed by atoms with Crippen molar-refractivity contribution in [3.8, 4) is 0 Å². The third-order valence-corrected chi connectivity index (χ3v) is 2.50. The van der Waals surface area contributed by atoms with Crippen molar-refractivity contribution in [2.45, 2.75) is 40.2 Å². The van der Waals surface area contributed by atoms with Crippen molar-refractivity contribution in [3.63, 3.8) is 0 Å². The van der Waals surface area contributed by atoms with E-state index in [-0.39, 0.29) is 5.91 Å². The molecule has 0 aliphatic rings. The predicted octanol–water partition coefficient (Wildman–Crippen LogP) is 2.29. The molecular weight excluding hydrogens is 200 g/mol. The number of benzene rings is 1. The monoisotopic (exact) mass is 220 g/mol. The van der Waals surface area contributed by atoms with Crippen LogP contribution in [0.3, 0.4) is 0 Å². The van der Waals surface area contributed by atoms with Crippen molar-refractivity contribution in [1.29, 1.82) is 0 Å². The Hall–Kier alpha value is -1.35. The van der Waals surface area contributed by atoms with Crippen molar-refractivity contribution >= 4 is 11.6 Å². The molecule has 1 aromatic carbocycles. The Morgan fingerprint density at radius 3 is 2.00 bits per heavy atom. The van der Waals surface area contributed by atoms with E-state index in [0.717, 1.165) is 16.8 Å². The Balaban J connectivity index is 3.03. The fourth-order valence-corrected chi connectivity index (χ4v) is 1.65. The molecule has 0 aliphatic carbocycles. The Morgan fingerprint density at radius 2 is 1.62 bits per heavy atom. The predicted molar refractivity (Wildman–Crippen MR) is 67.5 cm³/mol. The maximum absolute atomic E-state index is 11.8. The van der Waals surface area contributed by atoms with Gasteiger partial charge in [0.1, 0.15) is 0 Å². The average Bonchev–Trinajstić information content (AvgIpc) is 2.08. The lowest BCUT2D eigenvalue weighted by Crippen LogP contribution is -2.45. The molecule has 0 bridgehead atoms. The van der Waals surface area contributed by atoms with E-state index in [9.17, 15) is 4.79 Å². The van der Waals surface area contributed by atoms with Crippen LogP contribution in [-0.2, 0) is 4.79 Å². The lowest BCUT2D eigenvalue weighted by atomic mass is 10.0. The maximum Gasteiger partial charge on any atom is 0.243 e. The van der Waals surface area contributed by atoms with Gasteiger partial charge in [-0.3, -0.25) is 4.79 Å². The van der Waals surface area contributed by atoms with E-state index in [1.807, 2.05) is 32.9 Å². The molecule has 3 nitrogen and oxygen atoms in total. The standard InChI is InChI=1S/C13H20N2O/c1-8-6-9(2)11(10(3)7-8)15-12(16)13(4,5)14/h6-7H,14H2,1-5H3,(H,15,16). The molecule has 1 amide bonds. The van der Waals surface area contributed by atoms with Gasteiger partial charge < -0.3 is 11.1 Å². The molecule has 0 radical (unpaired) electrons. The highest BCUT2D eigenvalue weighted by Gasteiger charge is 2.22. The summed E-state index contributed by atoms with van der Waals surface area (Å²) in [6.07, 6.45) is 0. The van der Waals surface area contributed by atoms with Gasteiger partial charge >= 0.3 is 0 Å². The molecule has 1 rings (SSSR count). The fraction of sp³-hybridized carbons (Fsp3) is 0.462. The van der Waals surface area contributed by atoms with Crippen LogP contribution in [0, 0.1) is 20.8 Å². The summed E-state index contributed by atoms with van der Waals surface area (Å²) in [4.78, 5) is 11.8. The van der Waals surface area contributed by atoms with Crippen molar-refractivity contribution < 1.29 is 4.79 Å². The second-order valence-corrected chi connectivity index (χ2v) is 4.95. The second kappa shape index (κ2) is 4.26. The maximum atomic E-state index is 11.8. The van der Waals surface area contributed by atoms with Crippen LogP contribution < -0.4 is 11.1 Å². The van der Waals surface area contributed by atoms with Crippen LogP contribution in [0.1, 0.15) is 30.5 Å². The molecule has 0 aliphatic heterocycles. The number of carbonyl (C=O) groups excluding carboxylic acids is 1. The Kier molecular flexibility index (Phi) is 3.38. The van der Waals surface area contributed by atoms with E-state index < -0.39 is 5.54 Å². The highest BCUT2D eigenvalue weighted by molar-refractivity contribution is 5.98.